The van der Waals surface area contributed by atoms with Gasteiger partial charge in [0.25, 0.3) is 5.91 Å². The minimum absolute atomic E-state index is 0.170. The number of carbonyl (C=O) groups excluding carboxylic acids is 1. The first-order valence-electron chi connectivity index (χ1n) is 6.00. The van der Waals surface area contributed by atoms with Gasteiger partial charge in [0.15, 0.2) is 0 Å². The summed E-state index contributed by atoms with van der Waals surface area (Å²) in [4.78, 5) is 16.1. The highest BCUT2D eigenvalue weighted by Crippen LogP contribution is 2.44. The first-order chi connectivity index (χ1) is 10.5. The lowest BCUT2D eigenvalue weighted by atomic mass is 10.2. The Kier molecular flexibility index (Phi) is 5.34. The molecule has 1 heterocycles. The van der Waals surface area contributed by atoms with E-state index in [2.05, 4.69) is 10.3 Å². The smallest absolute Gasteiger partial charge is 0.257 e. The van der Waals surface area contributed by atoms with Gasteiger partial charge in [-0.1, -0.05) is 34.8 Å². The predicted molar refractivity (Wildman–Crippen MR) is 86.8 cm³/mol. The number of ether oxygens (including phenoxy) is 2. The molecule has 2 aromatic rings. The largest absolute Gasteiger partial charge is 0.495 e. The molecule has 0 fully saturated rings. The van der Waals surface area contributed by atoms with Crippen LogP contribution in [0.4, 0.5) is 5.69 Å². The number of hydrogen-bond acceptors (Lipinski definition) is 4. The highest BCUT2D eigenvalue weighted by Gasteiger charge is 2.19. The summed E-state index contributed by atoms with van der Waals surface area (Å²) in [5, 5.41) is 3.25. The fourth-order valence-corrected chi connectivity index (χ4v) is 2.40. The van der Waals surface area contributed by atoms with Crippen LogP contribution in [0.3, 0.4) is 0 Å². The molecule has 0 spiro atoms. The van der Waals surface area contributed by atoms with Crippen molar-refractivity contribution in [1.29, 1.82) is 0 Å². The van der Waals surface area contributed by atoms with Gasteiger partial charge in [-0.2, -0.15) is 0 Å². The standard InChI is InChI=1S/C14H11Cl3N2O3/c1-21-8-5-9(22-2)12(17)13(11(8)16)19-14(20)7-3-4-10(15)18-6-7/h3-6H,1-2H3,(H,19,20). The summed E-state index contributed by atoms with van der Waals surface area (Å²) >= 11 is 18.1. The number of methoxy groups -OCH3 is 2. The molecule has 0 saturated heterocycles. The number of amides is 1. The zero-order chi connectivity index (χ0) is 16.3. The van der Waals surface area contributed by atoms with Crippen molar-refractivity contribution in [2.24, 2.45) is 0 Å². The number of hydrogen-bond donors (Lipinski definition) is 1. The molecular formula is C14H11Cl3N2O3. The van der Waals surface area contributed by atoms with Crippen molar-refractivity contribution < 1.29 is 14.3 Å². The van der Waals surface area contributed by atoms with E-state index in [1.165, 1.54) is 38.6 Å². The average molecular weight is 362 g/mol. The molecule has 8 heteroatoms. The molecule has 0 aliphatic rings. The quantitative estimate of drug-likeness (QED) is 0.824. The monoisotopic (exact) mass is 360 g/mol. The second kappa shape index (κ2) is 7.05. The van der Waals surface area contributed by atoms with Crippen LogP contribution in [-0.4, -0.2) is 25.1 Å². The first kappa shape index (κ1) is 16.7. The van der Waals surface area contributed by atoms with E-state index in [0.29, 0.717) is 17.1 Å². The SMILES string of the molecule is COc1cc(OC)c(Cl)c(NC(=O)c2ccc(Cl)nc2)c1Cl. The van der Waals surface area contributed by atoms with E-state index in [-0.39, 0.29) is 20.9 Å². The third-order valence-corrected chi connectivity index (χ3v) is 3.78. The summed E-state index contributed by atoms with van der Waals surface area (Å²) < 4.78 is 10.3. The van der Waals surface area contributed by atoms with Crippen LogP contribution in [0.5, 0.6) is 11.5 Å². The van der Waals surface area contributed by atoms with Gasteiger partial charge in [-0.05, 0) is 12.1 Å². The van der Waals surface area contributed by atoms with Crippen LogP contribution in [0.25, 0.3) is 0 Å². The van der Waals surface area contributed by atoms with Crippen molar-refractivity contribution in [3.63, 3.8) is 0 Å². The Balaban J connectivity index is 2.40. The highest BCUT2D eigenvalue weighted by molar-refractivity contribution is 6.41. The van der Waals surface area contributed by atoms with Gasteiger partial charge in [0.05, 0.1) is 25.5 Å². The lowest BCUT2D eigenvalue weighted by Gasteiger charge is -2.15. The van der Waals surface area contributed by atoms with Gasteiger partial charge in [0.1, 0.15) is 26.7 Å². The average Bonchev–Trinajstić information content (AvgIpc) is 2.52. The molecule has 0 aliphatic carbocycles. The van der Waals surface area contributed by atoms with Gasteiger partial charge in [0, 0.05) is 12.3 Å². The molecule has 0 radical (unpaired) electrons. The van der Waals surface area contributed by atoms with Gasteiger partial charge in [-0.3, -0.25) is 4.79 Å². The zero-order valence-electron chi connectivity index (χ0n) is 11.6. The summed E-state index contributed by atoms with van der Waals surface area (Å²) in [5.41, 5.74) is 0.498. The number of aromatic nitrogens is 1. The van der Waals surface area contributed by atoms with Crippen molar-refractivity contribution >= 4 is 46.4 Å². The summed E-state index contributed by atoms with van der Waals surface area (Å²) in [6.07, 6.45) is 1.34. The third kappa shape index (κ3) is 3.38. The van der Waals surface area contributed by atoms with Crippen molar-refractivity contribution in [3.05, 3.63) is 45.2 Å². The fraction of sp³-hybridized carbons (Fsp3) is 0.143. The van der Waals surface area contributed by atoms with Gasteiger partial charge < -0.3 is 14.8 Å². The molecule has 1 N–H and O–H groups in total. The van der Waals surface area contributed by atoms with Crippen molar-refractivity contribution in [3.8, 4) is 11.5 Å². The van der Waals surface area contributed by atoms with E-state index in [0.717, 1.165) is 0 Å². The second-order valence-electron chi connectivity index (χ2n) is 4.11. The van der Waals surface area contributed by atoms with Crippen LogP contribution in [0.1, 0.15) is 10.4 Å². The Morgan fingerprint density at radius 1 is 1.09 bits per heavy atom. The Bertz CT molecular complexity index is 677. The minimum Gasteiger partial charge on any atom is -0.495 e. The molecule has 0 unspecified atom stereocenters. The maximum atomic E-state index is 12.2. The van der Waals surface area contributed by atoms with Crippen molar-refractivity contribution in [1.82, 2.24) is 4.98 Å². The molecule has 0 atom stereocenters. The van der Waals surface area contributed by atoms with Gasteiger partial charge in [-0.25, -0.2) is 4.98 Å². The van der Waals surface area contributed by atoms with Crippen molar-refractivity contribution in [2.75, 3.05) is 19.5 Å². The zero-order valence-corrected chi connectivity index (χ0v) is 13.9. The molecule has 116 valence electrons. The summed E-state index contributed by atoms with van der Waals surface area (Å²) in [7, 11) is 2.90. The Morgan fingerprint density at radius 2 is 1.68 bits per heavy atom. The molecule has 1 aromatic heterocycles. The third-order valence-electron chi connectivity index (χ3n) is 2.80. The molecule has 0 saturated carbocycles. The normalized spacial score (nSPS) is 10.2. The Hall–Kier alpha value is -1.69. The van der Waals surface area contributed by atoms with E-state index in [4.69, 9.17) is 44.3 Å². The van der Waals surface area contributed by atoms with Crippen LogP contribution in [-0.2, 0) is 0 Å². The number of nitrogens with zero attached hydrogens (tertiary/aromatic N) is 1. The Morgan fingerprint density at radius 3 is 2.14 bits per heavy atom. The molecule has 0 bridgehead atoms. The summed E-state index contributed by atoms with van der Waals surface area (Å²) in [6, 6.07) is 4.57. The number of pyridine rings is 1. The van der Waals surface area contributed by atoms with Gasteiger partial charge in [-0.15, -0.1) is 0 Å². The first-order valence-corrected chi connectivity index (χ1v) is 7.14. The predicted octanol–water partition coefficient (Wildman–Crippen LogP) is 4.31. The topological polar surface area (TPSA) is 60.5 Å². The highest BCUT2D eigenvalue weighted by atomic mass is 35.5. The lowest BCUT2D eigenvalue weighted by molar-refractivity contribution is 0.102. The lowest BCUT2D eigenvalue weighted by Crippen LogP contribution is -2.13. The summed E-state index contributed by atoms with van der Waals surface area (Å²) in [6.45, 7) is 0. The molecule has 1 amide bonds. The van der Waals surface area contributed by atoms with E-state index < -0.39 is 5.91 Å². The number of nitrogens with one attached hydrogen (secondary N) is 1. The molecule has 1 aromatic carbocycles. The number of anilines is 1. The van der Waals surface area contributed by atoms with Crippen LogP contribution in [0, 0.1) is 0 Å². The van der Waals surface area contributed by atoms with E-state index in [1.807, 2.05) is 0 Å². The van der Waals surface area contributed by atoms with Crippen LogP contribution in [0.15, 0.2) is 24.4 Å². The van der Waals surface area contributed by atoms with Crippen LogP contribution in [0.2, 0.25) is 15.2 Å². The van der Waals surface area contributed by atoms with E-state index in [1.54, 1.807) is 0 Å². The maximum Gasteiger partial charge on any atom is 0.257 e. The van der Waals surface area contributed by atoms with Crippen molar-refractivity contribution in [2.45, 2.75) is 0 Å². The summed E-state index contributed by atoms with van der Waals surface area (Å²) in [5.74, 6) is 0.211. The van der Waals surface area contributed by atoms with E-state index in [9.17, 15) is 4.79 Å². The second-order valence-corrected chi connectivity index (χ2v) is 5.25. The number of halogens is 3. The van der Waals surface area contributed by atoms with Gasteiger partial charge >= 0.3 is 0 Å². The Labute approximate surface area is 142 Å². The van der Waals surface area contributed by atoms with Gasteiger partial charge in [0.2, 0.25) is 0 Å². The number of benzene rings is 1. The maximum absolute atomic E-state index is 12.2. The van der Waals surface area contributed by atoms with Crippen LogP contribution >= 0.6 is 34.8 Å². The minimum atomic E-state index is -0.441. The number of carbonyl (C=O) groups is 1. The number of rotatable bonds is 4. The van der Waals surface area contributed by atoms with Crippen LogP contribution < -0.4 is 14.8 Å². The van der Waals surface area contributed by atoms with E-state index >= 15 is 0 Å². The molecular weight excluding hydrogens is 351 g/mol. The molecule has 5 nitrogen and oxygen atoms in total. The fourth-order valence-electron chi connectivity index (χ4n) is 1.69. The molecule has 22 heavy (non-hydrogen) atoms. The molecule has 0 aliphatic heterocycles. The molecule has 2 rings (SSSR count).